The highest BCUT2D eigenvalue weighted by molar-refractivity contribution is 7.90. The number of benzene rings is 1. The molecule has 0 aromatic heterocycles. The molecule has 0 aliphatic carbocycles. The van der Waals surface area contributed by atoms with Crippen LogP contribution < -0.4 is 10.5 Å². The Bertz CT molecular complexity index is 781. The number of aliphatic imine (C=N–C) groups is 1. The maximum Gasteiger partial charge on any atom is 0.264 e. The van der Waals surface area contributed by atoms with E-state index in [4.69, 9.17) is 11.1 Å². The monoisotopic (exact) mass is 350 g/mol. The van der Waals surface area contributed by atoms with E-state index in [1.807, 2.05) is 20.8 Å². The number of hydrazone groups is 1. The van der Waals surface area contributed by atoms with Crippen LogP contribution in [0.15, 0.2) is 39.3 Å². The first-order chi connectivity index (χ1) is 11.1. The van der Waals surface area contributed by atoms with Gasteiger partial charge in [-0.1, -0.05) is 13.8 Å². The lowest BCUT2D eigenvalue weighted by molar-refractivity contribution is 0.379. The summed E-state index contributed by atoms with van der Waals surface area (Å²) in [6.07, 6.45) is 1.77. The van der Waals surface area contributed by atoms with E-state index in [-0.39, 0.29) is 22.1 Å². The molecule has 0 spiro atoms. The van der Waals surface area contributed by atoms with Gasteiger partial charge < -0.3 is 5.73 Å². The van der Waals surface area contributed by atoms with E-state index in [1.54, 1.807) is 11.2 Å². The largest absolute Gasteiger partial charge is 0.384 e. The fraction of sp³-hybridized carbons (Fsp3) is 0.400. The Morgan fingerprint density at radius 3 is 2.50 bits per heavy atom. The second-order valence-electron chi connectivity index (χ2n) is 6.13. The molecule has 1 aromatic carbocycles. The standard InChI is InChI=1S/C15H22N6O2S/c1-4-18-14(21-10-15(2,3)9-19-21)20-24(22,23)12-7-5-11(6-8-12)13(16)17/h5-9H,4,10H2,1-3H3,(H3,16,17)(H,18,20). The lowest BCUT2D eigenvalue weighted by Gasteiger charge is -2.21. The molecule has 1 aliphatic rings. The number of hydrogen-bond acceptors (Lipinski definition) is 5. The lowest BCUT2D eigenvalue weighted by atomic mass is 9.97. The Hall–Kier alpha value is -2.42. The third-order valence-corrected chi connectivity index (χ3v) is 4.70. The van der Waals surface area contributed by atoms with Gasteiger partial charge in [-0.15, -0.1) is 0 Å². The van der Waals surface area contributed by atoms with Gasteiger partial charge in [0, 0.05) is 23.7 Å². The first-order valence-corrected chi connectivity index (χ1v) is 8.97. The summed E-state index contributed by atoms with van der Waals surface area (Å²) in [6.45, 7) is 6.80. The molecule has 0 fully saturated rings. The van der Waals surface area contributed by atoms with Crippen molar-refractivity contribution >= 4 is 28.0 Å². The van der Waals surface area contributed by atoms with Crippen LogP contribution >= 0.6 is 0 Å². The number of nitrogens with zero attached hydrogens (tertiary/aromatic N) is 3. The van der Waals surface area contributed by atoms with Gasteiger partial charge in [-0.05, 0) is 31.2 Å². The molecular formula is C15H22N6O2S. The molecule has 9 heteroatoms. The molecule has 4 N–H and O–H groups in total. The molecule has 1 aliphatic heterocycles. The minimum atomic E-state index is -3.81. The molecule has 24 heavy (non-hydrogen) atoms. The second kappa shape index (κ2) is 6.60. The number of hydrogen-bond donors (Lipinski definition) is 3. The summed E-state index contributed by atoms with van der Waals surface area (Å²) < 4.78 is 27.6. The number of nitrogens with two attached hydrogens (primary N) is 1. The van der Waals surface area contributed by atoms with E-state index >= 15 is 0 Å². The molecule has 8 nitrogen and oxygen atoms in total. The van der Waals surface area contributed by atoms with Crippen LogP contribution in [0.5, 0.6) is 0 Å². The third-order valence-electron chi connectivity index (χ3n) is 3.36. The average Bonchev–Trinajstić information content (AvgIpc) is 2.87. The van der Waals surface area contributed by atoms with Gasteiger partial charge in [0.1, 0.15) is 5.84 Å². The van der Waals surface area contributed by atoms with Crippen LogP contribution in [0.3, 0.4) is 0 Å². The van der Waals surface area contributed by atoms with Gasteiger partial charge in [-0.2, -0.15) is 5.10 Å². The second-order valence-corrected chi connectivity index (χ2v) is 7.81. The zero-order valence-electron chi connectivity index (χ0n) is 13.9. The molecule has 0 amide bonds. The molecule has 0 saturated heterocycles. The summed E-state index contributed by atoms with van der Waals surface area (Å²) in [5.74, 6) is 0.0729. The van der Waals surface area contributed by atoms with E-state index in [9.17, 15) is 8.42 Å². The Labute approximate surface area is 142 Å². The smallest absolute Gasteiger partial charge is 0.264 e. The molecule has 0 saturated carbocycles. The predicted octanol–water partition coefficient (Wildman–Crippen LogP) is 0.952. The molecule has 0 atom stereocenters. The fourth-order valence-corrected chi connectivity index (χ4v) is 3.15. The highest BCUT2D eigenvalue weighted by Crippen LogP contribution is 2.21. The van der Waals surface area contributed by atoms with Crippen LogP contribution in [0.1, 0.15) is 26.3 Å². The summed E-state index contributed by atoms with van der Waals surface area (Å²) in [5.41, 5.74) is 5.69. The maximum atomic E-state index is 12.6. The molecule has 1 aromatic rings. The van der Waals surface area contributed by atoms with Crippen molar-refractivity contribution < 1.29 is 8.42 Å². The molecule has 0 bridgehead atoms. The summed E-state index contributed by atoms with van der Waals surface area (Å²) in [6, 6.07) is 5.79. The zero-order chi connectivity index (χ0) is 18.0. The Balaban J connectivity index is 2.24. The topological polar surface area (TPSA) is 124 Å². The Kier molecular flexibility index (Phi) is 4.93. The van der Waals surface area contributed by atoms with E-state index < -0.39 is 10.0 Å². The van der Waals surface area contributed by atoms with Gasteiger partial charge in [-0.25, -0.2) is 18.1 Å². The van der Waals surface area contributed by atoms with Crippen molar-refractivity contribution in [3.63, 3.8) is 0 Å². The summed E-state index contributed by atoms with van der Waals surface area (Å²) >= 11 is 0. The summed E-state index contributed by atoms with van der Waals surface area (Å²) in [5, 5.41) is 13.1. The van der Waals surface area contributed by atoms with Crippen LogP contribution in [0.25, 0.3) is 0 Å². The summed E-state index contributed by atoms with van der Waals surface area (Å²) in [7, 11) is -3.81. The quantitative estimate of drug-likeness (QED) is 0.552. The predicted molar refractivity (Wildman–Crippen MR) is 94.7 cm³/mol. The normalized spacial score (nSPS) is 17.1. The first-order valence-electron chi connectivity index (χ1n) is 7.49. The van der Waals surface area contributed by atoms with E-state index in [0.717, 1.165) is 0 Å². The average molecular weight is 350 g/mol. The van der Waals surface area contributed by atoms with Crippen LogP contribution in [0, 0.1) is 10.8 Å². The first kappa shape index (κ1) is 17.9. The minimum Gasteiger partial charge on any atom is -0.384 e. The Morgan fingerprint density at radius 2 is 2.04 bits per heavy atom. The van der Waals surface area contributed by atoms with Gasteiger partial charge in [-0.3, -0.25) is 10.4 Å². The van der Waals surface area contributed by atoms with Crippen molar-refractivity contribution in [3.05, 3.63) is 29.8 Å². The molecule has 2 rings (SSSR count). The van der Waals surface area contributed by atoms with Gasteiger partial charge in [0.05, 0.1) is 11.4 Å². The zero-order valence-corrected chi connectivity index (χ0v) is 14.8. The number of amidine groups is 1. The summed E-state index contributed by atoms with van der Waals surface area (Å²) in [4.78, 5) is 4.28. The van der Waals surface area contributed by atoms with Crippen molar-refractivity contribution in [1.82, 2.24) is 9.73 Å². The molecular weight excluding hydrogens is 328 g/mol. The highest BCUT2D eigenvalue weighted by Gasteiger charge is 2.30. The van der Waals surface area contributed by atoms with E-state index in [1.165, 1.54) is 24.3 Å². The molecule has 130 valence electrons. The maximum absolute atomic E-state index is 12.6. The molecule has 0 radical (unpaired) electrons. The van der Waals surface area contributed by atoms with Crippen LogP contribution in [0.4, 0.5) is 0 Å². The van der Waals surface area contributed by atoms with Crippen molar-refractivity contribution in [1.29, 1.82) is 5.41 Å². The van der Waals surface area contributed by atoms with Gasteiger partial charge >= 0.3 is 0 Å². The number of sulfonamides is 1. The number of nitrogen functional groups attached to an aromatic ring is 1. The minimum absolute atomic E-state index is 0.0683. The third kappa shape index (κ3) is 4.10. The number of nitrogens with one attached hydrogen (secondary N) is 2. The van der Waals surface area contributed by atoms with Crippen LogP contribution in [-0.4, -0.2) is 44.5 Å². The lowest BCUT2D eigenvalue weighted by Crippen LogP contribution is -2.42. The van der Waals surface area contributed by atoms with Gasteiger partial charge in [0.25, 0.3) is 10.0 Å². The fourth-order valence-electron chi connectivity index (χ4n) is 2.13. The van der Waals surface area contributed by atoms with Crippen molar-refractivity contribution in [2.75, 3.05) is 13.1 Å². The van der Waals surface area contributed by atoms with Crippen LogP contribution in [0.2, 0.25) is 0 Å². The van der Waals surface area contributed by atoms with Crippen molar-refractivity contribution in [3.8, 4) is 0 Å². The molecule has 1 heterocycles. The van der Waals surface area contributed by atoms with Gasteiger partial charge in [0.15, 0.2) is 0 Å². The van der Waals surface area contributed by atoms with Crippen LogP contribution in [-0.2, 0) is 10.0 Å². The number of rotatable bonds is 4. The van der Waals surface area contributed by atoms with Crippen molar-refractivity contribution in [2.45, 2.75) is 25.7 Å². The van der Waals surface area contributed by atoms with E-state index in [0.29, 0.717) is 18.7 Å². The SMILES string of the molecule is CCN=C(NS(=O)(=O)c1ccc(C(=N)N)cc1)N1CC(C)(C)C=N1. The van der Waals surface area contributed by atoms with Crippen molar-refractivity contribution in [2.24, 2.45) is 21.2 Å². The van der Waals surface area contributed by atoms with E-state index in [2.05, 4.69) is 14.8 Å². The number of guanidine groups is 1. The highest BCUT2D eigenvalue weighted by atomic mass is 32.2. The Morgan fingerprint density at radius 1 is 1.42 bits per heavy atom. The van der Waals surface area contributed by atoms with Gasteiger partial charge in [0.2, 0.25) is 5.96 Å². The molecule has 0 unspecified atom stereocenters.